The fourth-order valence-corrected chi connectivity index (χ4v) is 8.32. The molecule has 0 saturated heterocycles. The van der Waals surface area contributed by atoms with Crippen molar-refractivity contribution in [2.45, 2.75) is 79.6 Å². The van der Waals surface area contributed by atoms with Crippen LogP contribution in [-0.2, 0) is 14.3 Å². The van der Waals surface area contributed by atoms with Crippen LogP contribution in [0.2, 0.25) is 0 Å². The largest absolute Gasteiger partial charge is 0.465 e. The van der Waals surface area contributed by atoms with Gasteiger partial charge in [0.1, 0.15) is 0 Å². The lowest BCUT2D eigenvalue weighted by atomic mass is 9.69. The van der Waals surface area contributed by atoms with Crippen LogP contribution < -0.4 is 0 Å². The molecular weight excluding hydrogens is 779 g/mol. The predicted molar refractivity (Wildman–Crippen MR) is 255 cm³/mol. The first-order valence-electron chi connectivity index (χ1n) is 22.0. The minimum absolute atomic E-state index is 0.00633. The number of ether oxygens (including phenoxy) is 1. The maximum Gasteiger partial charge on any atom is 0.305 e. The Morgan fingerprint density at radius 1 is 0.587 bits per heavy atom. The number of aromatic nitrogens is 5. The molecule has 6 rings (SSSR count). The van der Waals surface area contributed by atoms with Gasteiger partial charge in [0.15, 0.2) is 5.78 Å². The number of carbonyl (C=O) groups is 2. The van der Waals surface area contributed by atoms with Crippen molar-refractivity contribution >= 4 is 39.6 Å². The molecule has 5 aromatic rings. The summed E-state index contributed by atoms with van der Waals surface area (Å²) in [6.45, 7) is 10.4. The molecule has 0 N–H and O–H groups in total. The van der Waals surface area contributed by atoms with Crippen LogP contribution in [0.5, 0.6) is 0 Å². The number of allylic oxidation sites excluding steroid dienone is 11. The molecule has 322 valence electrons. The zero-order chi connectivity index (χ0) is 44.4. The van der Waals surface area contributed by atoms with Crippen LogP contribution in [0.1, 0.15) is 108 Å². The van der Waals surface area contributed by atoms with E-state index in [1.807, 2.05) is 136 Å². The van der Waals surface area contributed by atoms with Crippen molar-refractivity contribution in [1.82, 2.24) is 24.9 Å². The van der Waals surface area contributed by atoms with Gasteiger partial charge in [-0.25, -0.2) is 0 Å². The van der Waals surface area contributed by atoms with Gasteiger partial charge in [-0.05, 0) is 161 Å². The van der Waals surface area contributed by atoms with E-state index < -0.39 is 11.3 Å². The average Bonchev–Trinajstić information content (AvgIpc) is 3.32. The van der Waals surface area contributed by atoms with Gasteiger partial charge in [-0.15, -0.1) is 0 Å². The summed E-state index contributed by atoms with van der Waals surface area (Å²) in [6, 6.07) is 29.3. The van der Waals surface area contributed by atoms with E-state index in [0.717, 1.165) is 81.2 Å². The van der Waals surface area contributed by atoms with Crippen LogP contribution in [0.4, 0.5) is 0 Å². The third-order valence-electron chi connectivity index (χ3n) is 11.6. The SMILES string of the molecule is CC(=CC1=CCCOC(=O)CCC(C=C(C)c2ccccn2)(C=C(C)c2ccccn2)C(=O)C(C=C(C)c2ccccn2)CC(C=C(C)c2ccccn2)CCC1)c1ccccn1. The summed E-state index contributed by atoms with van der Waals surface area (Å²) in [5.41, 5.74) is 8.71. The number of ketones is 1. The van der Waals surface area contributed by atoms with Crippen LogP contribution in [0.15, 0.2) is 164 Å². The van der Waals surface area contributed by atoms with Crippen molar-refractivity contribution in [2.75, 3.05) is 6.61 Å². The third kappa shape index (κ3) is 13.4. The van der Waals surface area contributed by atoms with E-state index in [4.69, 9.17) is 4.74 Å². The zero-order valence-electron chi connectivity index (χ0n) is 37.3. The zero-order valence-corrected chi connectivity index (χ0v) is 37.3. The molecule has 1 aliphatic rings. The number of cyclic esters (lactones) is 1. The Kier molecular flexibility index (Phi) is 16.7. The number of hydrogen-bond donors (Lipinski definition) is 0. The highest BCUT2D eigenvalue weighted by atomic mass is 16.5. The smallest absolute Gasteiger partial charge is 0.305 e. The Labute approximate surface area is 373 Å². The Morgan fingerprint density at radius 2 is 1.05 bits per heavy atom. The van der Waals surface area contributed by atoms with Gasteiger partial charge in [-0.2, -0.15) is 0 Å². The lowest BCUT2D eigenvalue weighted by Gasteiger charge is -2.32. The molecule has 0 amide bonds. The van der Waals surface area contributed by atoms with Crippen molar-refractivity contribution in [3.8, 4) is 0 Å². The first-order chi connectivity index (χ1) is 30.6. The molecule has 0 bridgehead atoms. The molecule has 8 nitrogen and oxygen atoms in total. The predicted octanol–water partition coefficient (Wildman–Crippen LogP) is 12.5. The second-order valence-electron chi connectivity index (χ2n) is 16.4. The number of nitrogens with zero attached hydrogens (tertiary/aromatic N) is 5. The van der Waals surface area contributed by atoms with Crippen LogP contribution in [0, 0.1) is 17.3 Å². The van der Waals surface area contributed by atoms with E-state index in [2.05, 4.69) is 63.1 Å². The van der Waals surface area contributed by atoms with Gasteiger partial charge in [-0.3, -0.25) is 34.5 Å². The summed E-state index contributed by atoms with van der Waals surface area (Å²) in [5, 5.41) is 0. The Bertz CT molecular complexity index is 2400. The summed E-state index contributed by atoms with van der Waals surface area (Å²) in [7, 11) is 0. The van der Waals surface area contributed by atoms with E-state index in [1.165, 1.54) is 0 Å². The molecular formula is C55H59N5O3. The van der Waals surface area contributed by atoms with Gasteiger partial charge in [0.05, 0.1) is 40.5 Å². The molecule has 6 heterocycles. The van der Waals surface area contributed by atoms with Crippen molar-refractivity contribution in [3.63, 3.8) is 0 Å². The topological polar surface area (TPSA) is 108 Å². The fraction of sp³-hybridized carbons (Fsp3) is 0.291. The van der Waals surface area contributed by atoms with E-state index in [-0.39, 0.29) is 37.1 Å². The average molecular weight is 838 g/mol. The van der Waals surface area contributed by atoms with Gasteiger partial charge in [0.25, 0.3) is 0 Å². The van der Waals surface area contributed by atoms with Gasteiger partial charge in [0, 0.05) is 49.7 Å². The van der Waals surface area contributed by atoms with Crippen molar-refractivity contribution in [3.05, 3.63) is 192 Å². The monoisotopic (exact) mass is 837 g/mol. The molecule has 0 spiro atoms. The molecule has 0 saturated carbocycles. The quantitative estimate of drug-likeness (QED) is 0.128. The maximum atomic E-state index is 16.2. The van der Waals surface area contributed by atoms with Crippen LogP contribution in [0.25, 0.3) is 27.9 Å². The molecule has 63 heavy (non-hydrogen) atoms. The number of pyridine rings is 5. The fourth-order valence-electron chi connectivity index (χ4n) is 8.32. The van der Waals surface area contributed by atoms with Crippen LogP contribution >= 0.6 is 0 Å². The summed E-state index contributed by atoms with van der Waals surface area (Å²) >= 11 is 0. The molecule has 0 aromatic carbocycles. The number of rotatable bonds is 10. The van der Waals surface area contributed by atoms with Gasteiger partial charge in [-0.1, -0.05) is 72.4 Å². The summed E-state index contributed by atoms with van der Waals surface area (Å²) in [4.78, 5) is 53.3. The molecule has 5 aromatic heterocycles. The van der Waals surface area contributed by atoms with Gasteiger partial charge >= 0.3 is 5.97 Å². The van der Waals surface area contributed by atoms with E-state index in [9.17, 15) is 4.79 Å². The van der Waals surface area contributed by atoms with E-state index in [1.54, 1.807) is 18.6 Å². The third-order valence-corrected chi connectivity index (χ3v) is 11.6. The molecule has 0 aliphatic carbocycles. The Balaban J connectivity index is 1.53. The summed E-state index contributed by atoms with van der Waals surface area (Å²) < 4.78 is 5.91. The molecule has 2 atom stereocenters. The Morgan fingerprint density at radius 3 is 1.52 bits per heavy atom. The second-order valence-corrected chi connectivity index (χ2v) is 16.4. The van der Waals surface area contributed by atoms with Crippen molar-refractivity contribution in [2.24, 2.45) is 17.3 Å². The molecule has 1 aliphatic heterocycles. The van der Waals surface area contributed by atoms with Gasteiger partial charge in [0.2, 0.25) is 0 Å². The van der Waals surface area contributed by atoms with Gasteiger partial charge < -0.3 is 4.74 Å². The highest BCUT2D eigenvalue weighted by Gasteiger charge is 2.40. The first-order valence-corrected chi connectivity index (χ1v) is 22.0. The highest BCUT2D eigenvalue weighted by Crippen LogP contribution is 2.41. The number of Topliss-reactive ketones (excluding diaryl/α,β-unsaturated/α-hetero) is 1. The highest BCUT2D eigenvalue weighted by molar-refractivity contribution is 5.96. The molecule has 0 fully saturated rings. The van der Waals surface area contributed by atoms with Crippen LogP contribution in [-0.4, -0.2) is 43.3 Å². The minimum atomic E-state index is -1.25. The number of carbonyl (C=O) groups excluding carboxylic acids is 2. The number of esters is 1. The van der Waals surface area contributed by atoms with Crippen LogP contribution in [0.3, 0.4) is 0 Å². The summed E-state index contributed by atoms with van der Waals surface area (Å²) in [5.74, 6) is -0.971. The maximum absolute atomic E-state index is 16.2. The lowest BCUT2D eigenvalue weighted by Crippen LogP contribution is -2.35. The van der Waals surface area contributed by atoms with Crippen molar-refractivity contribution < 1.29 is 14.3 Å². The minimum Gasteiger partial charge on any atom is -0.465 e. The Hall–Kier alpha value is -6.67. The standard InChI is InChI=1S/C55H59N5O3/c1-40(48-21-6-11-28-56-48)34-45-18-16-19-46(35-41(2)49-22-7-12-29-57-49)37-47(36-42(3)50-23-8-13-30-58-50)54(62)55(27-26-53(61)63-33-17-20-45,38-43(4)51-24-9-14-31-59-51)39-44(5)52-25-10-15-32-60-52/h6-15,20-25,28-32,34-36,38-39,46-47H,16-19,26-27,33,37H2,1-5H3. The first kappa shape index (κ1) is 45.8. The number of hydrogen-bond acceptors (Lipinski definition) is 8. The molecule has 0 radical (unpaired) electrons. The molecule has 2 unspecified atom stereocenters. The van der Waals surface area contributed by atoms with Crippen molar-refractivity contribution in [1.29, 1.82) is 0 Å². The summed E-state index contributed by atoms with van der Waals surface area (Å²) in [6.07, 6.45) is 25.5. The lowest BCUT2D eigenvalue weighted by molar-refractivity contribution is -0.144. The normalized spacial score (nSPS) is 20.8. The molecule has 8 heteroatoms. The second kappa shape index (κ2) is 23.0. The van der Waals surface area contributed by atoms with E-state index >= 15 is 4.79 Å². The van der Waals surface area contributed by atoms with E-state index in [0.29, 0.717) is 12.8 Å².